The van der Waals surface area contributed by atoms with E-state index >= 15 is 0 Å². The smallest absolute Gasteiger partial charge is 0.227 e. The zero-order chi connectivity index (χ0) is 19.0. The summed E-state index contributed by atoms with van der Waals surface area (Å²) in [7, 11) is 4.00. The average molecular weight is 385 g/mol. The van der Waals surface area contributed by atoms with Crippen molar-refractivity contribution < 1.29 is 0 Å². The van der Waals surface area contributed by atoms with Crippen molar-refractivity contribution >= 4 is 34.4 Å². The molecule has 1 aliphatic carbocycles. The highest BCUT2D eigenvalue weighted by Gasteiger charge is 2.23. The fraction of sp³-hybridized carbons (Fsp3) is 0.450. The number of nitrogens with zero attached hydrogens (tertiary/aromatic N) is 5. The van der Waals surface area contributed by atoms with Crippen molar-refractivity contribution in [3.8, 4) is 0 Å². The molecule has 0 unspecified atom stereocenters. The van der Waals surface area contributed by atoms with Crippen molar-refractivity contribution in [2.45, 2.75) is 44.7 Å². The van der Waals surface area contributed by atoms with Crippen molar-refractivity contribution in [2.24, 2.45) is 0 Å². The van der Waals surface area contributed by atoms with Crippen LogP contribution in [0.15, 0.2) is 30.5 Å². The molecule has 27 heavy (non-hydrogen) atoms. The molecule has 1 saturated carbocycles. The lowest BCUT2D eigenvalue weighted by Crippen LogP contribution is -2.16. The minimum atomic E-state index is 0.0672. The number of benzene rings is 1. The van der Waals surface area contributed by atoms with E-state index in [4.69, 9.17) is 21.6 Å². The van der Waals surface area contributed by atoms with Gasteiger partial charge in [-0.15, -0.1) is 0 Å². The third kappa shape index (κ3) is 3.58. The monoisotopic (exact) mass is 384 g/mol. The first kappa shape index (κ1) is 18.0. The van der Waals surface area contributed by atoms with Crippen LogP contribution in [-0.4, -0.2) is 33.8 Å². The molecule has 0 saturated heterocycles. The van der Waals surface area contributed by atoms with E-state index in [0.29, 0.717) is 12.0 Å². The van der Waals surface area contributed by atoms with E-state index in [-0.39, 0.29) is 6.04 Å². The van der Waals surface area contributed by atoms with E-state index < -0.39 is 0 Å². The molecule has 0 bridgehead atoms. The van der Waals surface area contributed by atoms with Gasteiger partial charge in [-0.2, -0.15) is 15.1 Å². The van der Waals surface area contributed by atoms with Gasteiger partial charge in [0.25, 0.3) is 0 Å². The second-order valence-electron chi connectivity index (χ2n) is 7.45. The van der Waals surface area contributed by atoms with Crippen LogP contribution in [0.25, 0.3) is 11.0 Å². The summed E-state index contributed by atoms with van der Waals surface area (Å²) in [5.41, 5.74) is 2.05. The van der Waals surface area contributed by atoms with Gasteiger partial charge in [0.1, 0.15) is 5.82 Å². The zero-order valence-electron chi connectivity index (χ0n) is 16.0. The van der Waals surface area contributed by atoms with Crippen LogP contribution in [-0.2, 0) is 0 Å². The predicted molar refractivity (Wildman–Crippen MR) is 111 cm³/mol. The molecule has 2 heterocycles. The Kier molecular flexibility index (Phi) is 4.91. The fourth-order valence-corrected chi connectivity index (χ4v) is 3.89. The Morgan fingerprint density at radius 2 is 1.85 bits per heavy atom. The topological polar surface area (TPSA) is 58.9 Å². The number of halogens is 1. The summed E-state index contributed by atoms with van der Waals surface area (Å²) < 4.78 is 2.09. The lowest BCUT2D eigenvalue weighted by molar-refractivity contribution is 0.478. The molecule has 1 fully saturated rings. The van der Waals surface area contributed by atoms with Crippen LogP contribution in [0.5, 0.6) is 0 Å². The number of hydrogen-bond donors (Lipinski definition) is 1. The standard InChI is InChI=1S/C20H25ClN6/c1-13(14-8-10-15(21)11-9-14)23-20-24-18(26(2)3)17-12-22-27(19(17)25-20)16-6-4-5-7-16/h8-13,16H,4-7H2,1-3H3,(H,23,24,25)/t13-/m0/s1. The van der Waals surface area contributed by atoms with Crippen LogP contribution < -0.4 is 10.2 Å². The van der Waals surface area contributed by atoms with Gasteiger partial charge in [-0.3, -0.25) is 0 Å². The van der Waals surface area contributed by atoms with Crippen molar-refractivity contribution in [3.05, 3.63) is 41.0 Å². The minimum Gasteiger partial charge on any atom is -0.362 e. The van der Waals surface area contributed by atoms with Crippen molar-refractivity contribution in [3.63, 3.8) is 0 Å². The summed E-state index contributed by atoms with van der Waals surface area (Å²) in [5.74, 6) is 1.50. The molecule has 1 N–H and O–H groups in total. The molecule has 1 atom stereocenters. The van der Waals surface area contributed by atoms with Gasteiger partial charge in [0.05, 0.1) is 23.7 Å². The quantitative estimate of drug-likeness (QED) is 0.682. The summed E-state index contributed by atoms with van der Waals surface area (Å²) >= 11 is 6.00. The number of aromatic nitrogens is 4. The summed E-state index contributed by atoms with van der Waals surface area (Å²) in [5, 5.41) is 9.83. The van der Waals surface area contributed by atoms with Crippen LogP contribution in [0, 0.1) is 0 Å². The minimum absolute atomic E-state index is 0.0672. The highest BCUT2D eigenvalue weighted by molar-refractivity contribution is 6.30. The van der Waals surface area contributed by atoms with E-state index in [9.17, 15) is 0 Å². The van der Waals surface area contributed by atoms with Gasteiger partial charge in [-0.1, -0.05) is 36.6 Å². The summed E-state index contributed by atoms with van der Waals surface area (Å²) in [4.78, 5) is 11.6. The van der Waals surface area contributed by atoms with E-state index in [1.165, 1.54) is 25.7 Å². The van der Waals surface area contributed by atoms with Crippen LogP contribution in [0.4, 0.5) is 11.8 Å². The number of fused-ring (bicyclic) bond motifs is 1. The van der Waals surface area contributed by atoms with Crippen molar-refractivity contribution in [1.29, 1.82) is 0 Å². The Bertz CT molecular complexity index is 928. The first-order valence-electron chi connectivity index (χ1n) is 9.47. The third-order valence-electron chi connectivity index (χ3n) is 5.24. The summed E-state index contributed by atoms with van der Waals surface area (Å²) in [6, 6.07) is 8.35. The molecule has 0 amide bonds. The Balaban J connectivity index is 1.71. The van der Waals surface area contributed by atoms with Gasteiger partial charge in [-0.25, -0.2) is 4.68 Å². The van der Waals surface area contributed by atoms with E-state index in [2.05, 4.69) is 22.0 Å². The lowest BCUT2D eigenvalue weighted by atomic mass is 10.1. The van der Waals surface area contributed by atoms with Crippen molar-refractivity contribution in [1.82, 2.24) is 19.7 Å². The van der Waals surface area contributed by atoms with Crippen molar-refractivity contribution in [2.75, 3.05) is 24.3 Å². The molecule has 1 aromatic carbocycles. The second-order valence-corrected chi connectivity index (χ2v) is 7.88. The Morgan fingerprint density at radius 3 is 2.52 bits per heavy atom. The van der Waals surface area contributed by atoms with Gasteiger partial charge in [0.2, 0.25) is 5.95 Å². The number of anilines is 2. The third-order valence-corrected chi connectivity index (χ3v) is 5.50. The molecule has 1 aliphatic rings. The summed E-state index contributed by atoms with van der Waals surface area (Å²) in [6.07, 6.45) is 6.76. The Hall–Kier alpha value is -2.34. The highest BCUT2D eigenvalue weighted by Crippen LogP contribution is 2.33. The van der Waals surface area contributed by atoms with Gasteiger partial charge in [0.15, 0.2) is 5.65 Å². The van der Waals surface area contributed by atoms with Gasteiger partial charge >= 0.3 is 0 Å². The van der Waals surface area contributed by atoms with Crippen LogP contribution in [0.2, 0.25) is 5.02 Å². The van der Waals surface area contributed by atoms with Crippen LogP contribution >= 0.6 is 11.6 Å². The number of hydrogen-bond acceptors (Lipinski definition) is 5. The largest absolute Gasteiger partial charge is 0.362 e. The summed E-state index contributed by atoms with van der Waals surface area (Å²) in [6.45, 7) is 2.10. The van der Waals surface area contributed by atoms with Gasteiger partial charge in [0, 0.05) is 19.1 Å². The molecule has 0 spiro atoms. The first-order chi connectivity index (χ1) is 13.0. The molecule has 6 nitrogen and oxygen atoms in total. The second kappa shape index (κ2) is 7.35. The molecular weight excluding hydrogens is 360 g/mol. The fourth-order valence-electron chi connectivity index (χ4n) is 3.76. The Morgan fingerprint density at radius 1 is 1.15 bits per heavy atom. The van der Waals surface area contributed by atoms with E-state index in [1.54, 1.807) is 0 Å². The van der Waals surface area contributed by atoms with Gasteiger partial charge < -0.3 is 10.2 Å². The molecule has 0 radical (unpaired) electrons. The molecule has 4 rings (SSSR count). The average Bonchev–Trinajstić information content (AvgIpc) is 3.30. The first-order valence-corrected chi connectivity index (χ1v) is 9.85. The lowest BCUT2D eigenvalue weighted by Gasteiger charge is -2.18. The van der Waals surface area contributed by atoms with Crippen LogP contribution in [0.1, 0.15) is 50.3 Å². The molecule has 142 valence electrons. The predicted octanol–water partition coefficient (Wildman–Crippen LogP) is 4.83. The molecular formula is C20H25ClN6. The van der Waals surface area contributed by atoms with E-state index in [0.717, 1.165) is 27.4 Å². The molecule has 7 heteroatoms. The van der Waals surface area contributed by atoms with Crippen LogP contribution in [0.3, 0.4) is 0 Å². The molecule has 2 aromatic heterocycles. The Labute approximate surface area is 164 Å². The van der Waals surface area contributed by atoms with E-state index in [1.807, 2.05) is 49.5 Å². The molecule has 0 aliphatic heterocycles. The zero-order valence-corrected chi connectivity index (χ0v) is 16.7. The normalized spacial score (nSPS) is 16.0. The maximum absolute atomic E-state index is 6.00. The SMILES string of the molecule is C[C@H](Nc1nc(N(C)C)c2cnn(C3CCCC3)c2n1)c1ccc(Cl)cc1. The van der Waals surface area contributed by atoms with Gasteiger partial charge in [-0.05, 0) is 37.5 Å². The number of rotatable bonds is 5. The molecule has 3 aromatic rings. The maximum atomic E-state index is 6.00. The maximum Gasteiger partial charge on any atom is 0.227 e. The highest BCUT2D eigenvalue weighted by atomic mass is 35.5. The number of nitrogens with one attached hydrogen (secondary N) is 1.